The Hall–Kier alpha value is -2.82. The molecular weight excluding hydrogens is 294 g/mol. The van der Waals surface area contributed by atoms with Crippen molar-refractivity contribution >= 4 is 17.6 Å². The smallest absolute Gasteiger partial charge is 0.342 e. The van der Waals surface area contributed by atoms with E-state index in [0.717, 1.165) is 5.56 Å². The molecule has 0 saturated carbocycles. The second-order valence-corrected chi connectivity index (χ2v) is 5.30. The number of nitrogens with zero attached hydrogens (tertiary/aromatic N) is 1. The van der Waals surface area contributed by atoms with E-state index >= 15 is 0 Å². The number of phenols is 1. The van der Waals surface area contributed by atoms with E-state index in [9.17, 15) is 14.7 Å². The van der Waals surface area contributed by atoms with Gasteiger partial charge in [-0.15, -0.1) is 0 Å². The van der Waals surface area contributed by atoms with E-state index in [1.165, 1.54) is 24.0 Å². The summed E-state index contributed by atoms with van der Waals surface area (Å²) in [5.41, 5.74) is 1.57. The maximum atomic E-state index is 12.3. The molecule has 0 aromatic heterocycles. The Labute approximate surface area is 135 Å². The second-order valence-electron chi connectivity index (χ2n) is 5.30. The SMILES string of the molecule is Cc1ccc(O)c(C(=O)OC(C)C(=O)N(C)c2ccccc2)c1. The van der Waals surface area contributed by atoms with Gasteiger partial charge in [-0.25, -0.2) is 4.79 Å². The fraction of sp³-hybridized carbons (Fsp3) is 0.222. The number of carbonyl (C=O) groups excluding carboxylic acids is 2. The third-order valence-corrected chi connectivity index (χ3v) is 3.48. The number of benzene rings is 2. The molecule has 120 valence electrons. The molecule has 2 rings (SSSR count). The fourth-order valence-electron chi connectivity index (χ4n) is 2.14. The first-order valence-corrected chi connectivity index (χ1v) is 7.23. The van der Waals surface area contributed by atoms with Crippen LogP contribution >= 0.6 is 0 Å². The van der Waals surface area contributed by atoms with Crippen LogP contribution in [-0.2, 0) is 9.53 Å². The lowest BCUT2D eigenvalue weighted by Gasteiger charge is -2.21. The fourth-order valence-corrected chi connectivity index (χ4v) is 2.14. The zero-order valence-electron chi connectivity index (χ0n) is 13.3. The van der Waals surface area contributed by atoms with Gasteiger partial charge < -0.3 is 14.7 Å². The number of hydrogen-bond donors (Lipinski definition) is 1. The van der Waals surface area contributed by atoms with Crippen LogP contribution in [0.2, 0.25) is 0 Å². The molecule has 2 aromatic rings. The molecule has 0 aliphatic heterocycles. The number of aryl methyl sites for hydroxylation is 1. The summed E-state index contributed by atoms with van der Waals surface area (Å²) in [6, 6.07) is 13.7. The maximum absolute atomic E-state index is 12.3. The molecule has 5 nitrogen and oxygen atoms in total. The minimum absolute atomic E-state index is 0.0482. The van der Waals surface area contributed by atoms with E-state index in [1.807, 2.05) is 18.2 Å². The van der Waals surface area contributed by atoms with Crippen molar-refractivity contribution in [3.8, 4) is 5.75 Å². The van der Waals surface area contributed by atoms with Crippen molar-refractivity contribution in [2.75, 3.05) is 11.9 Å². The average Bonchev–Trinajstić information content (AvgIpc) is 2.56. The summed E-state index contributed by atoms with van der Waals surface area (Å²) in [6.07, 6.45) is -0.965. The zero-order valence-corrected chi connectivity index (χ0v) is 13.3. The number of aromatic hydroxyl groups is 1. The third-order valence-electron chi connectivity index (χ3n) is 3.48. The average molecular weight is 313 g/mol. The highest BCUT2D eigenvalue weighted by Gasteiger charge is 2.24. The van der Waals surface area contributed by atoms with Gasteiger partial charge in [-0.05, 0) is 38.1 Å². The van der Waals surface area contributed by atoms with Crippen LogP contribution < -0.4 is 4.90 Å². The summed E-state index contributed by atoms with van der Waals surface area (Å²) in [7, 11) is 1.62. The monoisotopic (exact) mass is 313 g/mol. The van der Waals surface area contributed by atoms with Crippen LogP contribution in [0.25, 0.3) is 0 Å². The second kappa shape index (κ2) is 6.96. The molecule has 0 saturated heterocycles. The summed E-state index contributed by atoms with van der Waals surface area (Å²) in [5.74, 6) is -1.25. The van der Waals surface area contributed by atoms with Crippen molar-refractivity contribution in [3.05, 3.63) is 59.7 Å². The van der Waals surface area contributed by atoms with Crippen molar-refractivity contribution in [1.29, 1.82) is 0 Å². The van der Waals surface area contributed by atoms with Crippen LogP contribution in [0.3, 0.4) is 0 Å². The highest BCUT2D eigenvalue weighted by molar-refractivity contribution is 5.99. The minimum atomic E-state index is -0.965. The number of ether oxygens (including phenoxy) is 1. The van der Waals surface area contributed by atoms with Crippen molar-refractivity contribution < 1.29 is 19.4 Å². The number of hydrogen-bond acceptors (Lipinski definition) is 4. The molecule has 0 radical (unpaired) electrons. The molecule has 5 heteroatoms. The van der Waals surface area contributed by atoms with Gasteiger partial charge >= 0.3 is 5.97 Å². The van der Waals surface area contributed by atoms with Gasteiger partial charge in [0.1, 0.15) is 11.3 Å². The Morgan fingerprint density at radius 1 is 1.13 bits per heavy atom. The van der Waals surface area contributed by atoms with Crippen LogP contribution in [-0.4, -0.2) is 30.1 Å². The van der Waals surface area contributed by atoms with Gasteiger partial charge in [-0.1, -0.05) is 29.8 Å². The number of phenolic OH excluding ortho intramolecular Hbond substituents is 1. The van der Waals surface area contributed by atoms with Gasteiger partial charge in [0.25, 0.3) is 5.91 Å². The Morgan fingerprint density at radius 2 is 1.78 bits per heavy atom. The number of esters is 1. The van der Waals surface area contributed by atoms with Gasteiger partial charge in [0.2, 0.25) is 0 Å². The Bertz CT molecular complexity index is 712. The van der Waals surface area contributed by atoms with Crippen molar-refractivity contribution in [3.63, 3.8) is 0 Å². The first kappa shape index (κ1) is 16.5. The zero-order chi connectivity index (χ0) is 17.0. The molecule has 0 aliphatic rings. The van der Waals surface area contributed by atoms with Gasteiger partial charge in [0, 0.05) is 12.7 Å². The van der Waals surface area contributed by atoms with Crippen LogP contribution in [0, 0.1) is 6.92 Å². The largest absolute Gasteiger partial charge is 0.507 e. The van der Waals surface area contributed by atoms with Crippen molar-refractivity contribution in [2.45, 2.75) is 20.0 Å². The Kier molecular flexibility index (Phi) is 5.01. The predicted octanol–water partition coefficient (Wildman–Crippen LogP) is 2.91. The topological polar surface area (TPSA) is 66.8 Å². The van der Waals surface area contributed by atoms with E-state index in [1.54, 1.807) is 32.2 Å². The summed E-state index contributed by atoms with van der Waals surface area (Å²) in [5, 5.41) is 9.75. The molecule has 0 fully saturated rings. The van der Waals surface area contributed by atoms with E-state index in [0.29, 0.717) is 5.69 Å². The molecule has 0 heterocycles. The minimum Gasteiger partial charge on any atom is -0.507 e. The lowest BCUT2D eigenvalue weighted by atomic mass is 10.1. The Morgan fingerprint density at radius 3 is 2.43 bits per heavy atom. The van der Waals surface area contributed by atoms with E-state index in [2.05, 4.69) is 0 Å². The van der Waals surface area contributed by atoms with Gasteiger partial charge in [0.15, 0.2) is 6.10 Å². The summed E-state index contributed by atoms with van der Waals surface area (Å²) >= 11 is 0. The van der Waals surface area contributed by atoms with Crippen LogP contribution in [0.5, 0.6) is 5.75 Å². The third kappa shape index (κ3) is 3.88. The molecule has 1 N–H and O–H groups in total. The van der Waals surface area contributed by atoms with Gasteiger partial charge in [0.05, 0.1) is 0 Å². The lowest BCUT2D eigenvalue weighted by Crippen LogP contribution is -2.37. The lowest BCUT2D eigenvalue weighted by molar-refractivity contribution is -0.126. The van der Waals surface area contributed by atoms with Gasteiger partial charge in [-0.3, -0.25) is 4.79 Å². The molecule has 0 bridgehead atoms. The predicted molar refractivity (Wildman–Crippen MR) is 87.6 cm³/mol. The summed E-state index contributed by atoms with van der Waals surface area (Å²) in [4.78, 5) is 25.9. The first-order valence-electron chi connectivity index (χ1n) is 7.23. The maximum Gasteiger partial charge on any atom is 0.342 e. The van der Waals surface area contributed by atoms with Crippen molar-refractivity contribution in [1.82, 2.24) is 0 Å². The number of carbonyl (C=O) groups is 2. The number of amides is 1. The van der Waals surface area contributed by atoms with E-state index < -0.39 is 12.1 Å². The number of rotatable bonds is 4. The highest BCUT2D eigenvalue weighted by Crippen LogP contribution is 2.20. The number of likely N-dealkylation sites (N-methyl/N-ethyl adjacent to an activating group) is 1. The van der Waals surface area contributed by atoms with Crippen LogP contribution in [0.15, 0.2) is 48.5 Å². The molecule has 2 aromatic carbocycles. The molecule has 1 atom stereocenters. The number of para-hydroxylation sites is 1. The van der Waals surface area contributed by atoms with E-state index in [4.69, 9.17) is 4.74 Å². The van der Waals surface area contributed by atoms with Crippen LogP contribution in [0.4, 0.5) is 5.69 Å². The highest BCUT2D eigenvalue weighted by atomic mass is 16.5. The first-order chi connectivity index (χ1) is 10.9. The molecule has 0 spiro atoms. The quantitative estimate of drug-likeness (QED) is 0.881. The summed E-state index contributed by atoms with van der Waals surface area (Å²) < 4.78 is 5.19. The van der Waals surface area contributed by atoms with E-state index in [-0.39, 0.29) is 17.2 Å². The standard InChI is InChI=1S/C18H19NO4/c1-12-9-10-16(20)15(11-12)18(22)23-13(2)17(21)19(3)14-7-5-4-6-8-14/h4-11,13,20H,1-3H3. The summed E-state index contributed by atoms with van der Waals surface area (Å²) in [6.45, 7) is 3.31. The molecule has 1 unspecified atom stereocenters. The molecule has 0 aliphatic carbocycles. The Balaban J connectivity index is 2.09. The van der Waals surface area contributed by atoms with Gasteiger partial charge in [-0.2, -0.15) is 0 Å². The van der Waals surface area contributed by atoms with Crippen molar-refractivity contribution in [2.24, 2.45) is 0 Å². The molecule has 23 heavy (non-hydrogen) atoms. The molecular formula is C18H19NO4. The molecule has 1 amide bonds. The van der Waals surface area contributed by atoms with Crippen LogP contribution in [0.1, 0.15) is 22.8 Å². The normalized spacial score (nSPS) is 11.6. The number of anilines is 1.